The quantitative estimate of drug-likeness (QED) is 0.917. The first-order chi connectivity index (χ1) is 10.1. The summed E-state index contributed by atoms with van der Waals surface area (Å²) in [6.45, 7) is 3.01. The van der Waals surface area contributed by atoms with Crippen LogP contribution < -0.4 is 10.6 Å². The van der Waals surface area contributed by atoms with Crippen LogP contribution in [0.4, 0.5) is 10.1 Å². The minimum absolute atomic E-state index is 0.0348. The molecule has 0 spiro atoms. The zero-order chi connectivity index (χ0) is 14.8. The van der Waals surface area contributed by atoms with Gasteiger partial charge in [0.1, 0.15) is 5.82 Å². The number of hydrogen-bond acceptors (Lipinski definition) is 3. The highest BCUT2D eigenvalue weighted by Crippen LogP contribution is 2.33. The summed E-state index contributed by atoms with van der Waals surface area (Å²) >= 11 is 0. The van der Waals surface area contributed by atoms with Crippen LogP contribution in [0.15, 0.2) is 24.3 Å². The number of nitrogens with two attached hydrogens (primary N) is 1. The Morgan fingerprint density at radius 2 is 1.81 bits per heavy atom. The molecule has 2 fully saturated rings. The molecule has 1 aromatic carbocycles. The van der Waals surface area contributed by atoms with E-state index >= 15 is 0 Å². The van der Waals surface area contributed by atoms with Crippen molar-refractivity contribution in [2.24, 2.45) is 11.7 Å². The Hall–Kier alpha value is -1.62. The number of halogens is 1. The molecule has 2 aliphatic rings. The number of piperazine rings is 1. The zero-order valence-corrected chi connectivity index (χ0v) is 12.2. The third-order valence-electron chi connectivity index (χ3n) is 4.46. The van der Waals surface area contributed by atoms with Gasteiger partial charge in [-0.2, -0.15) is 0 Å². The Kier molecular flexibility index (Phi) is 4.10. The molecule has 4 nitrogen and oxygen atoms in total. The number of rotatable bonds is 4. The highest BCUT2D eigenvalue weighted by Gasteiger charge is 2.31. The van der Waals surface area contributed by atoms with Gasteiger partial charge in [0.2, 0.25) is 5.91 Å². The molecule has 1 heterocycles. The van der Waals surface area contributed by atoms with Crippen LogP contribution in [0, 0.1) is 11.7 Å². The van der Waals surface area contributed by atoms with Gasteiger partial charge in [-0.15, -0.1) is 0 Å². The fourth-order valence-electron chi connectivity index (χ4n) is 2.89. The summed E-state index contributed by atoms with van der Waals surface area (Å²) < 4.78 is 12.9. The van der Waals surface area contributed by atoms with Crippen molar-refractivity contribution in [3.8, 4) is 0 Å². The Balaban J connectivity index is 1.50. The second-order valence-electron chi connectivity index (χ2n) is 6.05. The van der Waals surface area contributed by atoms with Gasteiger partial charge < -0.3 is 15.5 Å². The van der Waals surface area contributed by atoms with Crippen molar-refractivity contribution in [3.05, 3.63) is 30.1 Å². The van der Waals surface area contributed by atoms with Crippen LogP contribution in [0.5, 0.6) is 0 Å². The Labute approximate surface area is 124 Å². The molecule has 1 saturated carbocycles. The van der Waals surface area contributed by atoms with Gasteiger partial charge in [0.05, 0.1) is 0 Å². The molecule has 114 valence electrons. The molecule has 5 heteroatoms. The van der Waals surface area contributed by atoms with Gasteiger partial charge in [-0.3, -0.25) is 4.79 Å². The van der Waals surface area contributed by atoms with Crippen molar-refractivity contribution >= 4 is 11.6 Å². The Bertz CT molecular complexity index is 493. The molecular formula is C16H22FN3O. The van der Waals surface area contributed by atoms with Crippen LogP contribution in [0.1, 0.15) is 19.3 Å². The van der Waals surface area contributed by atoms with Crippen LogP contribution in [0.2, 0.25) is 0 Å². The number of nitrogens with zero attached hydrogens (tertiary/aromatic N) is 2. The fraction of sp³-hybridized carbons (Fsp3) is 0.562. The van der Waals surface area contributed by atoms with Gasteiger partial charge in [0.25, 0.3) is 0 Å². The number of benzene rings is 1. The van der Waals surface area contributed by atoms with Crippen LogP contribution >= 0.6 is 0 Å². The normalized spacial score (nSPS) is 20.5. The number of carbonyl (C=O) groups excluding carboxylic acids is 1. The highest BCUT2D eigenvalue weighted by molar-refractivity contribution is 5.77. The van der Waals surface area contributed by atoms with Crippen LogP contribution in [0.3, 0.4) is 0 Å². The minimum atomic E-state index is -0.221. The lowest BCUT2D eigenvalue weighted by Crippen LogP contribution is -2.49. The van der Waals surface area contributed by atoms with E-state index in [9.17, 15) is 9.18 Å². The van der Waals surface area contributed by atoms with Crippen LogP contribution in [-0.4, -0.2) is 43.0 Å². The smallest absolute Gasteiger partial charge is 0.224 e. The summed E-state index contributed by atoms with van der Waals surface area (Å²) in [6, 6.07) is 6.56. The van der Waals surface area contributed by atoms with Crippen LogP contribution in [0.25, 0.3) is 0 Å². The summed E-state index contributed by atoms with van der Waals surface area (Å²) in [4.78, 5) is 16.3. The zero-order valence-electron chi connectivity index (χ0n) is 12.2. The monoisotopic (exact) mass is 291 g/mol. The predicted molar refractivity (Wildman–Crippen MR) is 80.5 cm³/mol. The van der Waals surface area contributed by atoms with Crippen LogP contribution in [-0.2, 0) is 4.79 Å². The maximum atomic E-state index is 12.9. The van der Waals surface area contributed by atoms with E-state index in [1.165, 1.54) is 25.0 Å². The van der Waals surface area contributed by atoms with Crippen molar-refractivity contribution in [2.75, 3.05) is 31.1 Å². The second kappa shape index (κ2) is 6.02. The second-order valence-corrected chi connectivity index (χ2v) is 6.05. The molecule has 1 aliphatic heterocycles. The molecule has 0 aromatic heterocycles. The number of hydrogen-bond donors (Lipinski definition) is 1. The highest BCUT2D eigenvalue weighted by atomic mass is 19.1. The van der Waals surface area contributed by atoms with E-state index in [4.69, 9.17) is 5.73 Å². The van der Waals surface area contributed by atoms with Crippen molar-refractivity contribution in [1.29, 1.82) is 0 Å². The maximum absolute atomic E-state index is 12.9. The number of carbonyl (C=O) groups is 1. The molecule has 1 unspecified atom stereocenters. The van der Waals surface area contributed by atoms with Crippen molar-refractivity contribution in [3.63, 3.8) is 0 Å². The average Bonchev–Trinajstić information content (AvgIpc) is 3.33. The molecule has 3 rings (SSSR count). The predicted octanol–water partition coefficient (Wildman–Crippen LogP) is 1.60. The van der Waals surface area contributed by atoms with Gasteiger partial charge in [0.15, 0.2) is 0 Å². The van der Waals surface area contributed by atoms with Gasteiger partial charge in [-0.25, -0.2) is 4.39 Å². The molecule has 21 heavy (non-hydrogen) atoms. The molecular weight excluding hydrogens is 269 g/mol. The fourth-order valence-corrected chi connectivity index (χ4v) is 2.89. The standard InChI is InChI=1S/C16H22FN3O/c17-13-3-5-14(6-4-13)19-7-9-20(10-8-19)16(21)11-15(18)12-1-2-12/h3-6,12,15H,1-2,7-11,18H2. The van der Waals surface area contributed by atoms with E-state index in [2.05, 4.69) is 4.90 Å². The van der Waals surface area contributed by atoms with E-state index in [1.54, 1.807) is 12.1 Å². The van der Waals surface area contributed by atoms with E-state index in [-0.39, 0.29) is 17.8 Å². The lowest BCUT2D eigenvalue weighted by atomic mass is 10.1. The third kappa shape index (κ3) is 3.53. The molecule has 1 saturated heterocycles. The van der Waals surface area contributed by atoms with Gasteiger partial charge >= 0.3 is 0 Å². The molecule has 2 N–H and O–H groups in total. The lowest BCUT2D eigenvalue weighted by Gasteiger charge is -2.36. The average molecular weight is 291 g/mol. The molecule has 1 aromatic rings. The Morgan fingerprint density at radius 1 is 1.19 bits per heavy atom. The Morgan fingerprint density at radius 3 is 2.38 bits per heavy atom. The summed E-state index contributed by atoms with van der Waals surface area (Å²) in [7, 11) is 0. The molecule has 0 bridgehead atoms. The van der Waals surface area contributed by atoms with Crippen molar-refractivity contribution in [2.45, 2.75) is 25.3 Å². The van der Waals surface area contributed by atoms with E-state index in [0.717, 1.165) is 18.8 Å². The van der Waals surface area contributed by atoms with Gasteiger partial charge in [0, 0.05) is 44.3 Å². The third-order valence-corrected chi connectivity index (χ3v) is 4.46. The van der Waals surface area contributed by atoms with E-state index in [0.29, 0.717) is 25.4 Å². The van der Waals surface area contributed by atoms with E-state index in [1.807, 2.05) is 4.90 Å². The summed E-state index contributed by atoms with van der Waals surface area (Å²) in [5, 5.41) is 0. The number of anilines is 1. The SMILES string of the molecule is NC(CC(=O)N1CCN(c2ccc(F)cc2)CC1)C1CC1. The maximum Gasteiger partial charge on any atom is 0.224 e. The molecule has 0 radical (unpaired) electrons. The summed E-state index contributed by atoms with van der Waals surface area (Å²) in [5.74, 6) is 0.518. The first-order valence-corrected chi connectivity index (χ1v) is 7.67. The van der Waals surface area contributed by atoms with E-state index < -0.39 is 0 Å². The first-order valence-electron chi connectivity index (χ1n) is 7.67. The first kappa shape index (κ1) is 14.3. The summed E-state index contributed by atoms with van der Waals surface area (Å²) in [6.07, 6.45) is 2.82. The largest absolute Gasteiger partial charge is 0.368 e. The minimum Gasteiger partial charge on any atom is -0.368 e. The lowest BCUT2D eigenvalue weighted by molar-refractivity contribution is -0.131. The van der Waals surface area contributed by atoms with Gasteiger partial charge in [-0.05, 0) is 43.0 Å². The van der Waals surface area contributed by atoms with Crippen molar-refractivity contribution in [1.82, 2.24) is 4.90 Å². The topological polar surface area (TPSA) is 49.6 Å². The van der Waals surface area contributed by atoms with Crippen molar-refractivity contribution < 1.29 is 9.18 Å². The summed E-state index contributed by atoms with van der Waals surface area (Å²) in [5.41, 5.74) is 7.04. The molecule has 1 amide bonds. The molecule has 1 aliphatic carbocycles. The van der Waals surface area contributed by atoms with Gasteiger partial charge in [-0.1, -0.05) is 0 Å². The number of amides is 1. The molecule has 1 atom stereocenters.